The average molecular weight is 259 g/mol. The molecule has 1 aromatic carbocycles. The lowest BCUT2D eigenvalue weighted by Gasteiger charge is -2.09. The van der Waals surface area contributed by atoms with Crippen LogP contribution in [0.1, 0.15) is 6.92 Å². The van der Waals surface area contributed by atoms with Crippen LogP contribution in [0.4, 0.5) is 14.5 Å². The van der Waals surface area contributed by atoms with Crippen molar-refractivity contribution in [2.24, 2.45) is 0 Å². The standard InChI is InChI=1S/C11H11F2NO4/c1-6(11(16)17)18-5-10(15)14-7-2-3-8(12)9(13)4-7/h2-4,6H,5H2,1H3,(H,14,15)(H,16,17)/t6-/m0/s1. The summed E-state index contributed by atoms with van der Waals surface area (Å²) in [6.45, 7) is 0.777. The molecule has 2 N–H and O–H groups in total. The molecule has 0 aromatic heterocycles. The number of ether oxygens (including phenoxy) is 1. The van der Waals surface area contributed by atoms with Crippen molar-refractivity contribution in [1.29, 1.82) is 0 Å². The fourth-order valence-corrected chi connectivity index (χ4v) is 1.04. The molecule has 18 heavy (non-hydrogen) atoms. The van der Waals surface area contributed by atoms with Crippen molar-refractivity contribution in [2.45, 2.75) is 13.0 Å². The van der Waals surface area contributed by atoms with Gasteiger partial charge in [0.05, 0.1) is 0 Å². The molecule has 0 saturated heterocycles. The molecule has 0 unspecified atom stereocenters. The van der Waals surface area contributed by atoms with Crippen molar-refractivity contribution >= 4 is 17.6 Å². The lowest BCUT2D eigenvalue weighted by molar-refractivity contribution is -0.150. The first-order valence-electron chi connectivity index (χ1n) is 4.99. The average Bonchev–Trinajstić information content (AvgIpc) is 2.30. The van der Waals surface area contributed by atoms with E-state index in [1.165, 1.54) is 13.0 Å². The Hall–Kier alpha value is -2.02. The van der Waals surface area contributed by atoms with Crippen LogP contribution in [0.15, 0.2) is 18.2 Å². The Morgan fingerprint density at radius 1 is 1.39 bits per heavy atom. The van der Waals surface area contributed by atoms with Gasteiger partial charge < -0.3 is 15.2 Å². The Kier molecular flexibility index (Phi) is 4.73. The zero-order valence-corrected chi connectivity index (χ0v) is 9.44. The molecule has 1 rings (SSSR count). The molecule has 0 aliphatic carbocycles. The molecule has 1 atom stereocenters. The summed E-state index contributed by atoms with van der Waals surface area (Å²) in [5.74, 6) is -3.97. The van der Waals surface area contributed by atoms with Crippen LogP contribution < -0.4 is 5.32 Å². The molecule has 0 aliphatic heterocycles. The maximum atomic E-state index is 12.8. The first kappa shape index (κ1) is 14.0. The van der Waals surface area contributed by atoms with Crippen molar-refractivity contribution in [3.05, 3.63) is 29.8 Å². The molecule has 1 aromatic rings. The van der Waals surface area contributed by atoms with Gasteiger partial charge in [0.2, 0.25) is 5.91 Å². The number of nitrogens with one attached hydrogen (secondary N) is 1. The second kappa shape index (κ2) is 6.06. The van der Waals surface area contributed by atoms with Crippen LogP contribution in [0.2, 0.25) is 0 Å². The third-order valence-electron chi connectivity index (χ3n) is 2.02. The zero-order valence-electron chi connectivity index (χ0n) is 9.44. The Labute approximate surface area is 101 Å². The summed E-state index contributed by atoms with van der Waals surface area (Å²) in [5, 5.41) is 10.7. The van der Waals surface area contributed by atoms with Crippen molar-refractivity contribution < 1.29 is 28.2 Å². The minimum atomic E-state index is -1.20. The van der Waals surface area contributed by atoms with Gasteiger partial charge in [-0.15, -0.1) is 0 Å². The molecule has 0 aliphatic rings. The Morgan fingerprint density at radius 2 is 2.06 bits per heavy atom. The summed E-state index contributed by atoms with van der Waals surface area (Å²) < 4.78 is 30.1. The van der Waals surface area contributed by atoms with E-state index >= 15 is 0 Å². The quantitative estimate of drug-likeness (QED) is 0.837. The van der Waals surface area contributed by atoms with Gasteiger partial charge in [-0.05, 0) is 19.1 Å². The van der Waals surface area contributed by atoms with E-state index < -0.39 is 36.2 Å². The number of aliphatic carboxylic acids is 1. The first-order chi connectivity index (χ1) is 8.40. The Bertz CT molecular complexity index is 464. The van der Waals surface area contributed by atoms with Gasteiger partial charge in [-0.1, -0.05) is 0 Å². The molecule has 0 heterocycles. The summed E-state index contributed by atoms with van der Waals surface area (Å²) in [5.41, 5.74) is 0.0606. The van der Waals surface area contributed by atoms with E-state index in [1.807, 2.05) is 0 Å². The maximum Gasteiger partial charge on any atom is 0.332 e. The number of hydrogen-bond donors (Lipinski definition) is 2. The fourth-order valence-electron chi connectivity index (χ4n) is 1.04. The van der Waals surface area contributed by atoms with Gasteiger partial charge in [0.15, 0.2) is 17.7 Å². The van der Waals surface area contributed by atoms with Crippen LogP contribution in [0, 0.1) is 11.6 Å². The number of carboxylic acid groups (broad SMARTS) is 1. The number of amides is 1. The topological polar surface area (TPSA) is 75.6 Å². The van der Waals surface area contributed by atoms with E-state index in [9.17, 15) is 18.4 Å². The lowest BCUT2D eigenvalue weighted by Crippen LogP contribution is -2.26. The predicted octanol–water partition coefficient (Wildman–Crippen LogP) is 1.39. The normalized spacial score (nSPS) is 11.9. The van der Waals surface area contributed by atoms with Gasteiger partial charge in [-0.2, -0.15) is 0 Å². The Balaban J connectivity index is 2.49. The van der Waals surface area contributed by atoms with E-state index in [1.54, 1.807) is 0 Å². The highest BCUT2D eigenvalue weighted by molar-refractivity contribution is 5.91. The van der Waals surface area contributed by atoms with Crippen LogP contribution in [0.3, 0.4) is 0 Å². The van der Waals surface area contributed by atoms with Gasteiger partial charge in [0.25, 0.3) is 0 Å². The third-order valence-corrected chi connectivity index (χ3v) is 2.02. The van der Waals surface area contributed by atoms with Crippen molar-refractivity contribution in [3.63, 3.8) is 0 Å². The highest BCUT2D eigenvalue weighted by Gasteiger charge is 2.13. The van der Waals surface area contributed by atoms with Gasteiger partial charge in [0, 0.05) is 11.8 Å². The number of rotatable bonds is 5. The third kappa shape index (κ3) is 4.10. The molecule has 5 nitrogen and oxygen atoms in total. The number of anilines is 1. The molecular formula is C11H11F2NO4. The summed E-state index contributed by atoms with van der Waals surface area (Å²) >= 11 is 0. The van der Waals surface area contributed by atoms with Crippen LogP contribution >= 0.6 is 0 Å². The first-order valence-corrected chi connectivity index (χ1v) is 4.99. The summed E-state index contributed by atoms with van der Waals surface area (Å²) in [6.07, 6.45) is -1.12. The van der Waals surface area contributed by atoms with E-state index in [0.29, 0.717) is 0 Å². The van der Waals surface area contributed by atoms with Gasteiger partial charge in [0.1, 0.15) is 6.61 Å². The van der Waals surface area contributed by atoms with E-state index in [-0.39, 0.29) is 5.69 Å². The fraction of sp³-hybridized carbons (Fsp3) is 0.273. The van der Waals surface area contributed by atoms with Crippen LogP contribution in [-0.4, -0.2) is 29.7 Å². The highest BCUT2D eigenvalue weighted by atomic mass is 19.2. The maximum absolute atomic E-state index is 12.8. The minimum absolute atomic E-state index is 0.0606. The number of carbonyl (C=O) groups is 2. The number of carboxylic acids is 1. The van der Waals surface area contributed by atoms with E-state index in [4.69, 9.17) is 9.84 Å². The second-order valence-corrected chi connectivity index (χ2v) is 3.47. The molecule has 0 saturated carbocycles. The molecule has 1 amide bonds. The SMILES string of the molecule is C[C@H](OCC(=O)Nc1ccc(F)c(F)c1)C(=O)O. The number of benzene rings is 1. The molecule has 0 radical (unpaired) electrons. The molecule has 0 fully saturated rings. The largest absolute Gasteiger partial charge is 0.479 e. The summed E-state index contributed by atoms with van der Waals surface area (Å²) in [6, 6.07) is 2.86. The van der Waals surface area contributed by atoms with Crippen molar-refractivity contribution in [2.75, 3.05) is 11.9 Å². The van der Waals surface area contributed by atoms with E-state index in [2.05, 4.69) is 5.32 Å². The Morgan fingerprint density at radius 3 is 2.61 bits per heavy atom. The second-order valence-electron chi connectivity index (χ2n) is 3.47. The molecule has 0 bridgehead atoms. The van der Waals surface area contributed by atoms with Crippen molar-refractivity contribution in [3.8, 4) is 0 Å². The molecular weight excluding hydrogens is 248 g/mol. The van der Waals surface area contributed by atoms with Crippen LogP contribution in [0.25, 0.3) is 0 Å². The van der Waals surface area contributed by atoms with Crippen molar-refractivity contribution in [1.82, 2.24) is 0 Å². The van der Waals surface area contributed by atoms with E-state index in [0.717, 1.165) is 12.1 Å². The number of hydrogen-bond acceptors (Lipinski definition) is 3. The lowest BCUT2D eigenvalue weighted by atomic mass is 10.3. The van der Waals surface area contributed by atoms with Crippen LogP contribution in [-0.2, 0) is 14.3 Å². The predicted molar refractivity (Wildman–Crippen MR) is 58.0 cm³/mol. The monoisotopic (exact) mass is 259 g/mol. The number of halogens is 2. The minimum Gasteiger partial charge on any atom is -0.479 e. The molecule has 0 spiro atoms. The summed E-state index contributed by atoms with van der Waals surface area (Å²) in [7, 11) is 0. The molecule has 98 valence electrons. The van der Waals surface area contributed by atoms with Gasteiger partial charge in [-0.25, -0.2) is 13.6 Å². The molecule has 7 heteroatoms. The summed E-state index contributed by atoms with van der Waals surface area (Å²) in [4.78, 5) is 21.7. The highest BCUT2D eigenvalue weighted by Crippen LogP contribution is 2.12. The van der Waals surface area contributed by atoms with Gasteiger partial charge >= 0.3 is 5.97 Å². The number of carbonyl (C=O) groups excluding carboxylic acids is 1. The zero-order chi connectivity index (χ0) is 13.7. The smallest absolute Gasteiger partial charge is 0.332 e. The van der Waals surface area contributed by atoms with Gasteiger partial charge in [-0.3, -0.25) is 4.79 Å². The van der Waals surface area contributed by atoms with Crippen LogP contribution in [0.5, 0.6) is 0 Å².